The minimum atomic E-state index is -0.834. The van der Waals surface area contributed by atoms with Gasteiger partial charge in [-0.15, -0.1) is 23.2 Å². The molecule has 1 fully saturated rings. The van der Waals surface area contributed by atoms with Crippen LogP contribution in [0.3, 0.4) is 0 Å². The maximum absolute atomic E-state index is 11.7. The van der Waals surface area contributed by atoms with Crippen molar-refractivity contribution in [2.45, 2.75) is 31.5 Å². The van der Waals surface area contributed by atoms with E-state index < -0.39 is 21.1 Å². The third kappa shape index (κ3) is 1.69. The summed E-state index contributed by atoms with van der Waals surface area (Å²) >= 11 is 12.2. The lowest BCUT2D eigenvalue weighted by atomic mass is 9.67. The summed E-state index contributed by atoms with van der Waals surface area (Å²) in [6, 6.07) is 2.05. The van der Waals surface area contributed by atoms with Gasteiger partial charge in [0.1, 0.15) is 10.3 Å². The zero-order valence-corrected chi connectivity index (χ0v) is 11.4. The van der Waals surface area contributed by atoms with Crippen LogP contribution in [0.2, 0.25) is 0 Å². The fourth-order valence-electron chi connectivity index (χ4n) is 2.11. The molecule has 0 aromatic heterocycles. The van der Waals surface area contributed by atoms with E-state index in [1.54, 1.807) is 0 Å². The minimum Gasteiger partial charge on any atom is -0.358 e. The predicted molar refractivity (Wildman–Crippen MR) is 64.1 cm³/mol. The fourth-order valence-corrected chi connectivity index (χ4v) is 3.13. The molecule has 5 heteroatoms. The largest absolute Gasteiger partial charge is 0.358 e. The fraction of sp³-hybridized carbons (Fsp3) is 0.818. The van der Waals surface area contributed by atoms with Gasteiger partial charge in [-0.25, -0.2) is 0 Å². The summed E-state index contributed by atoms with van der Waals surface area (Å²) in [7, 11) is 1.52. The van der Waals surface area contributed by atoms with Gasteiger partial charge < -0.3 is 5.32 Å². The van der Waals surface area contributed by atoms with E-state index in [9.17, 15) is 4.79 Å². The van der Waals surface area contributed by atoms with Gasteiger partial charge in [-0.2, -0.15) is 5.26 Å². The van der Waals surface area contributed by atoms with Crippen molar-refractivity contribution in [1.29, 1.82) is 5.26 Å². The third-order valence-electron chi connectivity index (χ3n) is 4.04. The number of nitrogens with one attached hydrogen (secondary N) is 1. The second-order valence-corrected chi connectivity index (χ2v) is 6.60. The van der Waals surface area contributed by atoms with Crippen molar-refractivity contribution in [1.82, 2.24) is 5.32 Å². The van der Waals surface area contributed by atoms with Crippen LogP contribution in [0.15, 0.2) is 0 Å². The highest BCUT2D eigenvalue weighted by Gasteiger charge is 2.71. The van der Waals surface area contributed by atoms with E-state index >= 15 is 0 Å². The molecular formula is C11H16Cl2N2O. The van der Waals surface area contributed by atoms with Crippen molar-refractivity contribution < 1.29 is 4.79 Å². The number of hydrogen-bond donors (Lipinski definition) is 1. The summed E-state index contributed by atoms with van der Waals surface area (Å²) in [6.07, 6.45) is 0.602. The maximum atomic E-state index is 11.7. The zero-order valence-electron chi connectivity index (χ0n) is 9.90. The first-order valence-electron chi connectivity index (χ1n) is 5.13. The number of carbonyl (C=O) groups excluding carboxylic acids is 1. The number of carbonyl (C=O) groups is 1. The van der Waals surface area contributed by atoms with E-state index in [-0.39, 0.29) is 5.91 Å². The average Bonchev–Trinajstić information content (AvgIpc) is 2.68. The molecule has 16 heavy (non-hydrogen) atoms. The van der Waals surface area contributed by atoms with Crippen LogP contribution in [0.5, 0.6) is 0 Å². The minimum absolute atomic E-state index is 0.287. The van der Waals surface area contributed by atoms with Crippen molar-refractivity contribution in [3.05, 3.63) is 0 Å². The van der Waals surface area contributed by atoms with Gasteiger partial charge in [-0.1, -0.05) is 20.8 Å². The van der Waals surface area contributed by atoms with Crippen molar-refractivity contribution >= 4 is 29.1 Å². The molecule has 0 spiro atoms. The topological polar surface area (TPSA) is 52.9 Å². The molecule has 2 atom stereocenters. The van der Waals surface area contributed by atoms with Crippen molar-refractivity contribution in [3.63, 3.8) is 0 Å². The third-order valence-corrected chi connectivity index (χ3v) is 5.14. The molecule has 1 aliphatic carbocycles. The molecule has 90 valence electrons. The molecule has 3 nitrogen and oxygen atoms in total. The first-order valence-corrected chi connectivity index (χ1v) is 5.88. The average molecular weight is 263 g/mol. The van der Waals surface area contributed by atoms with Crippen molar-refractivity contribution in [3.8, 4) is 6.07 Å². The summed E-state index contributed by atoms with van der Waals surface area (Å²) in [5.74, 6) is -1.04. The van der Waals surface area contributed by atoms with Crippen LogP contribution in [0.1, 0.15) is 27.2 Å². The standard InChI is InChI=1S/C11H16Cl2N2O/c1-9(2,7(5-14)8(16)15-4)10(3)6-11(10,12)13/h7H,6H2,1-4H3,(H,15,16). The van der Waals surface area contributed by atoms with Gasteiger partial charge in [0.2, 0.25) is 5.91 Å². The van der Waals surface area contributed by atoms with Crippen LogP contribution in [0.4, 0.5) is 0 Å². The Kier molecular flexibility index (Phi) is 3.22. The smallest absolute Gasteiger partial charge is 0.237 e. The number of halogens is 2. The summed E-state index contributed by atoms with van der Waals surface area (Å²) in [5.41, 5.74) is -0.971. The van der Waals surface area contributed by atoms with E-state index in [4.69, 9.17) is 28.5 Å². The Morgan fingerprint density at radius 2 is 2.00 bits per heavy atom. The Morgan fingerprint density at radius 1 is 1.56 bits per heavy atom. The second-order valence-electron chi connectivity index (χ2n) is 5.11. The number of amides is 1. The van der Waals surface area contributed by atoms with Crippen molar-refractivity contribution in [2.75, 3.05) is 7.05 Å². The molecule has 1 rings (SSSR count). The normalized spacial score (nSPS) is 29.1. The Hall–Kier alpha value is -0.460. The number of rotatable bonds is 3. The van der Waals surface area contributed by atoms with Crippen LogP contribution in [-0.4, -0.2) is 17.3 Å². The second kappa shape index (κ2) is 3.78. The van der Waals surface area contributed by atoms with Crippen molar-refractivity contribution in [2.24, 2.45) is 16.7 Å². The lowest BCUT2D eigenvalue weighted by Crippen LogP contribution is -2.43. The lowest BCUT2D eigenvalue weighted by molar-refractivity contribution is -0.127. The van der Waals surface area contributed by atoms with Gasteiger partial charge in [-0.05, 0) is 11.8 Å². The Bertz CT molecular complexity index is 359. The molecule has 0 saturated heterocycles. The monoisotopic (exact) mass is 262 g/mol. The zero-order chi connectivity index (χ0) is 12.8. The van der Waals surface area contributed by atoms with Gasteiger partial charge in [0, 0.05) is 12.5 Å². The highest BCUT2D eigenvalue weighted by Crippen LogP contribution is 2.73. The molecule has 1 amide bonds. The maximum Gasteiger partial charge on any atom is 0.237 e. The quantitative estimate of drug-likeness (QED) is 0.795. The molecule has 1 N–H and O–H groups in total. The summed E-state index contributed by atoms with van der Waals surface area (Å²) in [4.78, 5) is 11.7. The number of nitriles is 1. The SMILES string of the molecule is CNC(=O)C(C#N)C(C)(C)C1(C)CC1(Cl)Cl. The molecule has 0 aromatic carbocycles. The van der Waals surface area contributed by atoms with E-state index in [1.165, 1.54) is 7.05 Å². The number of alkyl halides is 2. The number of nitrogens with zero attached hydrogens (tertiary/aromatic N) is 1. The molecule has 1 saturated carbocycles. The Morgan fingerprint density at radius 3 is 2.25 bits per heavy atom. The van der Waals surface area contributed by atoms with Gasteiger partial charge in [0.25, 0.3) is 0 Å². The molecule has 0 bridgehead atoms. The lowest BCUT2D eigenvalue weighted by Gasteiger charge is -2.36. The van der Waals surface area contributed by atoms with Gasteiger partial charge in [0.05, 0.1) is 6.07 Å². The highest BCUT2D eigenvalue weighted by atomic mass is 35.5. The highest BCUT2D eigenvalue weighted by molar-refractivity contribution is 6.51. The Labute approximate surface area is 106 Å². The van der Waals surface area contributed by atoms with Crippen LogP contribution >= 0.6 is 23.2 Å². The molecule has 0 aliphatic heterocycles. The first kappa shape index (κ1) is 13.6. The summed E-state index contributed by atoms with van der Waals surface area (Å²) in [5, 5.41) is 11.6. The van der Waals surface area contributed by atoms with Gasteiger partial charge >= 0.3 is 0 Å². The summed E-state index contributed by atoms with van der Waals surface area (Å²) < 4.78 is -0.834. The van der Waals surface area contributed by atoms with Gasteiger partial charge in [-0.3, -0.25) is 4.79 Å². The molecule has 0 aromatic rings. The predicted octanol–water partition coefficient (Wildman–Crippen LogP) is 2.48. The molecule has 0 heterocycles. The molecule has 2 unspecified atom stereocenters. The van der Waals surface area contributed by atoms with E-state index in [0.717, 1.165) is 0 Å². The molecular weight excluding hydrogens is 247 g/mol. The summed E-state index contributed by atoms with van der Waals surface area (Å²) in [6.45, 7) is 5.64. The van der Waals surface area contributed by atoms with Crippen LogP contribution in [-0.2, 0) is 4.79 Å². The van der Waals surface area contributed by atoms with E-state index in [0.29, 0.717) is 6.42 Å². The first-order chi connectivity index (χ1) is 7.14. The molecule has 0 radical (unpaired) electrons. The molecule has 1 aliphatic rings. The number of hydrogen-bond acceptors (Lipinski definition) is 2. The van der Waals surface area contributed by atoms with E-state index in [2.05, 4.69) is 5.32 Å². The van der Waals surface area contributed by atoms with Crippen LogP contribution in [0.25, 0.3) is 0 Å². The van der Waals surface area contributed by atoms with E-state index in [1.807, 2.05) is 26.8 Å². The van der Waals surface area contributed by atoms with Crippen LogP contribution in [0, 0.1) is 28.1 Å². The Balaban J connectivity index is 3.03. The van der Waals surface area contributed by atoms with Gasteiger partial charge in [0.15, 0.2) is 0 Å². The van der Waals surface area contributed by atoms with Crippen LogP contribution < -0.4 is 5.32 Å².